The molecule has 0 aliphatic rings. The van der Waals surface area contributed by atoms with Gasteiger partial charge in [0.2, 0.25) is 0 Å². The van der Waals surface area contributed by atoms with Crippen molar-refractivity contribution in [2.24, 2.45) is 0 Å². The number of nitrogens with one attached hydrogen (secondary N) is 2. The largest absolute Gasteiger partial charge is 0.356 e. The molecule has 2 heteroatoms. The Kier molecular flexibility index (Phi) is 7.44. The van der Waals surface area contributed by atoms with Gasteiger partial charge in [-0.15, -0.1) is 0 Å². The topological polar surface area (TPSA) is 24.1 Å². The number of benzene rings is 5. The van der Waals surface area contributed by atoms with Crippen LogP contribution in [0.4, 0.5) is 22.7 Å². The van der Waals surface area contributed by atoms with Crippen LogP contribution in [0.25, 0.3) is 22.3 Å². The minimum absolute atomic E-state index is 1.08. The molecule has 0 aromatic heterocycles. The highest BCUT2D eigenvalue weighted by Crippen LogP contribution is 2.36. The first-order valence-electron chi connectivity index (χ1n) is 12.8. The van der Waals surface area contributed by atoms with Gasteiger partial charge in [-0.05, 0) is 89.2 Å². The first-order valence-corrected chi connectivity index (χ1v) is 12.8. The van der Waals surface area contributed by atoms with Gasteiger partial charge < -0.3 is 10.6 Å². The lowest BCUT2D eigenvalue weighted by molar-refractivity contribution is 0.795. The van der Waals surface area contributed by atoms with Gasteiger partial charge in [-0.3, -0.25) is 0 Å². The lowest BCUT2D eigenvalue weighted by atomic mass is 9.93. The highest BCUT2D eigenvalue weighted by Gasteiger charge is 2.10. The van der Waals surface area contributed by atoms with E-state index in [0.717, 1.165) is 29.2 Å². The number of hydrogen-bond donors (Lipinski definition) is 2. The molecule has 0 unspecified atom stereocenters. The van der Waals surface area contributed by atoms with Crippen molar-refractivity contribution in [1.82, 2.24) is 0 Å². The Bertz CT molecular complexity index is 1370. The van der Waals surface area contributed by atoms with Gasteiger partial charge in [0.15, 0.2) is 0 Å². The molecule has 5 aromatic rings. The van der Waals surface area contributed by atoms with Gasteiger partial charge in [-0.2, -0.15) is 0 Å². The van der Waals surface area contributed by atoms with Crippen LogP contribution in [-0.4, -0.2) is 0 Å². The van der Waals surface area contributed by atoms with Crippen LogP contribution in [0.15, 0.2) is 127 Å². The fraction of sp³-hybridized carbons (Fsp3) is 0.118. The van der Waals surface area contributed by atoms with E-state index in [1.54, 1.807) is 0 Å². The summed E-state index contributed by atoms with van der Waals surface area (Å²) in [6.45, 7) is 2.24. The van der Waals surface area contributed by atoms with E-state index in [1.165, 1.54) is 40.7 Å². The number of aryl methyl sites for hydroxylation is 1. The van der Waals surface area contributed by atoms with Gasteiger partial charge in [0.1, 0.15) is 0 Å². The molecule has 0 aliphatic carbocycles. The smallest absolute Gasteiger partial charge is 0.0390 e. The van der Waals surface area contributed by atoms with E-state index in [2.05, 4.69) is 121 Å². The maximum atomic E-state index is 3.56. The molecule has 0 aliphatic heterocycles. The molecule has 0 amide bonds. The fourth-order valence-corrected chi connectivity index (χ4v) is 4.45. The van der Waals surface area contributed by atoms with Crippen LogP contribution in [0.1, 0.15) is 25.3 Å². The van der Waals surface area contributed by atoms with Crippen molar-refractivity contribution >= 4 is 22.7 Å². The van der Waals surface area contributed by atoms with Crippen molar-refractivity contribution < 1.29 is 0 Å². The highest BCUT2D eigenvalue weighted by molar-refractivity contribution is 5.87. The second-order valence-electron chi connectivity index (χ2n) is 9.12. The third-order valence-electron chi connectivity index (χ3n) is 6.42. The molecular formula is C34H32N2. The van der Waals surface area contributed by atoms with E-state index in [0.29, 0.717) is 0 Å². The van der Waals surface area contributed by atoms with E-state index in [1.807, 2.05) is 24.3 Å². The number of unbranched alkanes of at least 4 members (excludes halogenated alkanes) is 1. The minimum atomic E-state index is 1.08. The van der Waals surface area contributed by atoms with Gasteiger partial charge >= 0.3 is 0 Å². The van der Waals surface area contributed by atoms with E-state index in [-0.39, 0.29) is 0 Å². The molecule has 5 rings (SSSR count). The molecular weight excluding hydrogens is 436 g/mol. The normalized spacial score (nSPS) is 10.7. The summed E-state index contributed by atoms with van der Waals surface area (Å²) in [6, 6.07) is 45.0. The van der Waals surface area contributed by atoms with Gasteiger partial charge in [-0.1, -0.05) is 92.2 Å². The van der Waals surface area contributed by atoms with Gasteiger partial charge in [0, 0.05) is 22.7 Å². The quantitative estimate of drug-likeness (QED) is 0.225. The summed E-state index contributed by atoms with van der Waals surface area (Å²) in [6.07, 6.45) is 3.58. The zero-order valence-corrected chi connectivity index (χ0v) is 20.7. The Morgan fingerprint density at radius 1 is 0.472 bits per heavy atom. The molecule has 0 bridgehead atoms. The summed E-state index contributed by atoms with van der Waals surface area (Å²) in [5, 5.41) is 7.04. The molecule has 0 spiro atoms. The van der Waals surface area contributed by atoms with Crippen LogP contribution in [0.3, 0.4) is 0 Å². The van der Waals surface area contributed by atoms with Crippen LogP contribution in [0, 0.1) is 0 Å². The zero-order valence-electron chi connectivity index (χ0n) is 20.7. The highest BCUT2D eigenvalue weighted by atomic mass is 14.9. The van der Waals surface area contributed by atoms with Crippen LogP contribution in [0.5, 0.6) is 0 Å². The standard InChI is InChI=1S/C34H32N2/c1-2-3-10-26-15-17-28(18-16-26)34-25-32(36-30-13-8-5-9-14-30)23-24-33(34)27-19-21-31(22-20-27)35-29-11-6-4-7-12-29/h4-9,11-25,35-36H,2-3,10H2,1H3. The van der Waals surface area contributed by atoms with Crippen molar-refractivity contribution in [3.63, 3.8) is 0 Å². The third kappa shape index (κ3) is 5.84. The predicted octanol–water partition coefficient (Wildman–Crippen LogP) is 9.85. The maximum Gasteiger partial charge on any atom is 0.0390 e. The summed E-state index contributed by atoms with van der Waals surface area (Å²) in [7, 11) is 0. The molecule has 0 atom stereocenters. The average molecular weight is 469 g/mol. The Balaban J connectivity index is 1.47. The van der Waals surface area contributed by atoms with Crippen LogP contribution in [0.2, 0.25) is 0 Å². The second-order valence-corrected chi connectivity index (χ2v) is 9.12. The zero-order chi connectivity index (χ0) is 24.6. The molecule has 36 heavy (non-hydrogen) atoms. The lowest BCUT2D eigenvalue weighted by Crippen LogP contribution is -1.94. The first kappa shape index (κ1) is 23.4. The molecule has 0 saturated carbocycles. The predicted molar refractivity (Wildman–Crippen MR) is 155 cm³/mol. The lowest BCUT2D eigenvalue weighted by Gasteiger charge is -2.15. The Hall–Kier alpha value is -4.30. The average Bonchev–Trinajstić information content (AvgIpc) is 2.94. The van der Waals surface area contributed by atoms with E-state index >= 15 is 0 Å². The number of anilines is 4. The SMILES string of the molecule is CCCCc1ccc(-c2cc(Nc3ccccc3)ccc2-c2ccc(Nc3ccccc3)cc2)cc1. The van der Waals surface area contributed by atoms with E-state index in [4.69, 9.17) is 0 Å². The molecule has 5 aromatic carbocycles. The molecule has 0 saturated heterocycles. The molecule has 178 valence electrons. The molecule has 0 heterocycles. The number of rotatable bonds is 9. The van der Waals surface area contributed by atoms with Crippen molar-refractivity contribution in [3.05, 3.63) is 133 Å². The Morgan fingerprint density at radius 2 is 0.972 bits per heavy atom. The van der Waals surface area contributed by atoms with E-state index < -0.39 is 0 Å². The van der Waals surface area contributed by atoms with Crippen molar-refractivity contribution in [3.8, 4) is 22.3 Å². The fourth-order valence-electron chi connectivity index (χ4n) is 4.45. The molecule has 2 nitrogen and oxygen atoms in total. The Labute approximate surface area is 214 Å². The van der Waals surface area contributed by atoms with Gasteiger partial charge in [-0.25, -0.2) is 0 Å². The summed E-state index contributed by atoms with van der Waals surface area (Å²) in [4.78, 5) is 0. The van der Waals surface area contributed by atoms with Crippen molar-refractivity contribution in [1.29, 1.82) is 0 Å². The van der Waals surface area contributed by atoms with E-state index in [9.17, 15) is 0 Å². The number of hydrogen-bond acceptors (Lipinski definition) is 2. The Morgan fingerprint density at radius 3 is 1.58 bits per heavy atom. The van der Waals surface area contributed by atoms with Gasteiger partial charge in [0.05, 0.1) is 0 Å². The second kappa shape index (κ2) is 11.4. The van der Waals surface area contributed by atoms with Crippen molar-refractivity contribution in [2.45, 2.75) is 26.2 Å². The first-order chi connectivity index (χ1) is 17.8. The summed E-state index contributed by atoms with van der Waals surface area (Å²) in [5.74, 6) is 0. The van der Waals surface area contributed by atoms with Crippen molar-refractivity contribution in [2.75, 3.05) is 10.6 Å². The third-order valence-corrected chi connectivity index (χ3v) is 6.42. The maximum absolute atomic E-state index is 3.56. The van der Waals surface area contributed by atoms with Crippen LogP contribution < -0.4 is 10.6 Å². The number of para-hydroxylation sites is 2. The van der Waals surface area contributed by atoms with Crippen LogP contribution >= 0.6 is 0 Å². The molecule has 0 radical (unpaired) electrons. The minimum Gasteiger partial charge on any atom is -0.356 e. The summed E-state index contributed by atoms with van der Waals surface area (Å²) in [5.41, 5.74) is 10.6. The van der Waals surface area contributed by atoms with Gasteiger partial charge in [0.25, 0.3) is 0 Å². The summed E-state index contributed by atoms with van der Waals surface area (Å²) < 4.78 is 0. The van der Waals surface area contributed by atoms with Crippen LogP contribution in [-0.2, 0) is 6.42 Å². The monoisotopic (exact) mass is 468 g/mol. The summed E-state index contributed by atoms with van der Waals surface area (Å²) >= 11 is 0. The molecule has 2 N–H and O–H groups in total. The molecule has 0 fully saturated rings.